The van der Waals surface area contributed by atoms with Crippen LogP contribution in [-0.4, -0.2) is 6.61 Å². The highest BCUT2D eigenvalue weighted by Crippen LogP contribution is 2.37. The standard InChI is InChI=1S/C21H22BrNO2S/c1-2-24-20-12-17(13-23-14-18-9-6-10-26-18)11-19(22)21(20)25-15-16-7-4-3-5-8-16/h3-12,23H,2,13-15H2,1H3. The van der Waals surface area contributed by atoms with Gasteiger partial charge in [-0.3, -0.25) is 0 Å². The fourth-order valence-electron chi connectivity index (χ4n) is 2.60. The van der Waals surface area contributed by atoms with E-state index >= 15 is 0 Å². The first kappa shape index (κ1) is 19.0. The molecule has 0 bridgehead atoms. The Morgan fingerprint density at radius 3 is 2.54 bits per heavy atom. The lowest BCUT2D eigenvalue weighted by Gasteiger charge is -2.16. The van der Waals surface area contributed by atoms with Gasteiger partial charge in [-0.15, -0.1) is 11.3 Å². The molecule has 2 aromatic carbocycles. The van der Waals surface area contributed by atoms with E-state index in [9.17, 15) is 0 Å². The predicted molar refractivity (Wildman–Crippen MR) is 111 cm³/mol. The summed E-state index contributed by atoms with van der Waals surface area (Å²) in [6.45, 7) is 4.73. The van der Waals surface area contributed by atoms with E-state index in [0.29, 0.717) is 13.2 Å². The molecule has 5 heteroatoms. The van der Waals surface area contributed by atoms with Crippen molar-refractivity contribution in [3.63, 3.8) is 0 Å². The largest absolute Gasteiger partial charge is 0.490 e. The van der Waals surface area contributed by atoms with Gasteiger partial charge in [0.15, 0.2) is 11.5 Å². The third-order valence-electron chi connectivity index (χ3n) is 3.80. The van der Waals surface area contributed by atoms with Crippen molar-refractivity contribution < 1.29 is 9.47 Å². The molecule has 1 aromatic heterocycles. The molecule has 3 rings (SSSR count). The van der Waals surface area contributed by atoms with Crippen LogP contribution in [-0.2, 0) is 19.7 Å². The van der Waals surface area contributed by atoms with Crippen molar-refractivity contribution in [3.05, 3.63) is 80.5 Å². The molecule has 0 aliphatic rings. The van der Waals surface area contributed by atoms with E-state index in [1.54, 1.807) is 11.3 Å². The van der Waals surface area contributed by atoms with Crippen molar-refractivity contribution in [1.82, 2.24) is 5.32 Å². The monoisotopic (exact) mass is 431 g/mol. The third-order valence-corrected chi connectivity index (χ3v) is 5.27. The van der Waals surface area contributed by atoms with Crippen LogP contribution in [0, 0.1) is 0 Å². The fraction of sp³-hybridized carbons (Fsp3) is 0.238. The molecule has 0 radical (unpaired) electrons. The Bertz CT molecular complexity index is 806. The van der Waals surface area contributed by atoms with Crippen LogP contribution in [0.5, 0.6) is 11.5 Å². The van der Waals surface area contributed by atoms with Gasteiger partial charge in [-0.05, 0) is 57.6 Å². The van der Waals surface area contributed by atoms with Crippen molar-refractivity contribution in [2.75, 3.05) is 6.61 Å². The van der Waals surface area contributed by atoms with Gasteiger partial charge in [0.2, 0.25) is 0 Å². The molecule has 3 aromatic rings. The molecule has 26 heavy (non-hydrogen) atoms. The van der Waals surface area contributed by atoms with Gasteiger partial charge < -0.3 is 14.8 Å². The molecule has 1 N–H and O–H groups in total. The molecule has 0 unspecified atom stereocenters. The Hall–Kier alpha value is -1.82. The van der Waals surface area contributed by atoms with E-state index in [0.717, 1.165) is 40.2 Å². The van der Waals surface area contributed by atoms with Crippen molar-refractivity contribution in [2.45, 2.75) is 26.6 Å². The number of ether oxygens (including phenoxy) is 2. The summed E-state index contributed by atoms with van der Waals surface area (Å²) in [5.41, 5.74) is 2.28. The van der Waals surface area contributed by atoms with Gasteiger partial charge in [0.1, 0.15) is 6.61 Å². The van der Waals surface area contributed by atoms with Crippen LogP contribution in [0.2, 0.25) is 0 Å². The summed E-state index contributed by atoms with van der Waals surface area (Å²) in [4.78, 5) is 1.33. The minimum atomic E-state index is 0.509. The van der Waals surface area contributed by atoms with E-state index in [-0.39, 0.29) is 0 Å². The van der Waals surface area contributed by atoms with Gasteiger partial charge >= 0.3 is 0 Å². The van der Waals surface area contributed by atoms with E-state index in [1.165, 1.54) is 4.88 Å². The predicted octanol–water partition coefficient (Wildman–Crippen LogP) is 5.78. The second-order valence-corrected chi connectivity index (χ2v) is 7.68. The molecule has 0 amide bonds. The van der Waals surface area contributed by atoms with E-state index in [4.69, 9.17) is 9.47 Å². The van der Waals surface area contributed by atoms with Crippen LogP contribution >= 0.6 is 27.3 Å². The zero-order valence-corrected chi connectivity index (χ0v) is 17.1. The van der Waals surface area contributed by atoms with E-state index < -0.39 is 0 Å². The maximum Gasteiger partial charge on any atom is 0.175 e. The zero-order valence-electron chi connectivity index (χ0n) is 14.7. The fourth-order valence-corrected chi connectivity index (χ4v) is 3.88. The van der Waals surface area contributed by atoms with Crippen LogP contribution < -0.4 is 14.8 Å². The Balaban J connectivity index is 1.68. The van der Waals surface area contributed by atoms with Gasteiger partial charge in [-0.1, -0.05) is 36.4 Å². The second-order valence-electron chi connectivity index (χ2n) is 5.80. The van der Waals surface area contributed by atoms with Gasteiger partial charge in [-0.2, -0.15) is 0 Å². The highest BCUT2D eigenvalue weighted by atomic mass is 79.9. The quantitative estimate of drug-likeness (QED) is 0.465. The average Bonchev–Trinajstić information content (AvgIpc) is 3.16. The van der Waals surface area contributed by atoms with Gasteiger partial charge in [0.05, 0.1) is 11.1 Å². The lowest BCUT2D eigenvalue weighted by atomic mass is 10.2. The summed E-state index contributed by atoms with van der Waals surface area (Å²) in [7, 11) is 0. The molecular weight excluding hydrogens is 410 g/mol. The highest BCUT2D eigenvalue weighted by Gasteiger charge is 2.12. The molecule has 0 fully saturated rings. The number of hydrogen-bond acceptors (Lipinski definition) is 4. The van der Waals surface area contributed by atoms with Crippen LogP contribution in [0.25, 0.3) is 0 Å². The highest BCUT2D eigenvalue weighted by molar-refractivity contribution is 9.10. The maximum absolute atomic E-state index is 6.03. The van der Waals surface area contributed by atoms with Crippen LogP contribution in [0.1, 0.15) is 22.9 Å². The summed E-state index contributed by atoms with van der Waals surface area (Å²) in [5.74, 6) is 1.52. The topological polar surface area (TPSA) is 30.5 Å². The molecule has 1 heterocycles. The van der Waals surface area contributed by atoms with Gasteiger partial charge in [0.25, 0.3) is 0 Å². The molecule has 0 saturated heterocycles. The number of halogens is 1. The summed E-state index contributed by atoms with van der Waals surface area (Å²) in [6.07, 6.45) is 0. The van der Waals surface area contributed by atoms with Gasteiger partial charge in [0, 0.05) is 18.0 Å². The van der Waals surface area contributed by atoms with E-state index in [1.807, 2.05) is 25.1 Å². The molecule has 0 spiro atoms. The Kier molecular flexibility index (Phi) is 7.12. The van der Waals surface area contributed by atoms with Crippen molar-refractivity contribution in [3.8, 4) is 11.5 Å². The second kappa shape index (κ2) is 9.76. The van der Waals surface area contributed by atoms with Crippen LogP contribution in [0.4, 0.5) is 0 Å². The first-order valence-electron chi connectivity index (χ1n) is 8.61. The lowest BCUT2D eigenvalue weighted by molar-refractivity contribution is 0.267. The van der Waals surface area contributed by atoms with Crippen molar-refractivity contribution in [2.24, 2.45) is 0 Å². The normalized spacial score (nSPS) is 10.7. The third kappa shape index (κ3) is 5.34. The van der Waals surface area contributed by atoms with Crippen molar-refractivity contribution >= 4 is 27.3 Å². The average molecular weight is 432 g/mol. The molecule has 0 atom stereocenters. The Morgan fingerprint density at radius 2 is 1.81 bits per heavy atom. The van der Waals surface area contributed by atoms with Crippen LogP contribution in [0.15, 0.2) is 64.5 Å². The number of thiophene rings is 1. The number of hydrogen-bond donors (Lipinski definition) is 1. The molecule has 0 saturated carbocycles. The Morgan fingerprint density at radius 1 is 0.962 bits per heavy atom. The number of benzene rings is 2. The summed E-state index contributed by atoms with van der Waals surface area (Å²) in [6, 6.07) is 18.5. The smallest absolute Gasteiger partial charge is 0.175 e. The van der Waals surface area contributed by atoms with Gasteiger partial charge in [-0.25, -0.2) is 0 Å². The molecular formula is C21H22BrNO2S. The molecule has 3 nitrogen and oxygen atoms in total. The lowest BCUT2D eigenvalue weighted by Crippen LogP contribution is -2.12. The van der Waals surface area contributed by atoms with Crippen molar-refractivity contribution in [1.29, 1.82) is 0 Å². The van der Waals surface area contributed by atoms with E-state index in [2.05, 4.69) is 63.0 Å². The molecule has 0 aliphatic carbocycles. The first-order valence-corrected chi connectivity index (χ1v) is 10.3. The molecule has 0 aliphatic heterocycles. The number of rotatable bonds is 9. The van der Waals surface area contributed by atoms with Crippen LogP contribution in [0.3, 0.4) is 0 Å². The SMILES string of the molecule is CCOc1cc(CNCc2cccs2)cc(Br)c1OCc1ccccc1. The minimum absolute atomic E-state index is 0.509. The summed E-state index contributed by atoms with van der Waals surface area (Å²) in [5, 5.41) is 5.57. The zero-order chi connectivity index (χ0) is 18.2. The minimum Gasteiger partial charge on any atom is -0.490 e. The first-order chi connectivity index (χ1) is 12.8. The number of nitrogens with one attached hydrogen (secondary N) is 1. The maximum atomic E-state index is 6.03. The Labute approximate surface area is 167 Å². The molecule has 136 valence electrons. The summed E-state index contributed by atoms with van der Waals surface area (Å²) < 4.78 is 12.8. The summed E-state index contributed by atoms with van der Waals surface area (Å²) >= 11 is 5.40.